The maximum absolute atomic E-state index is 10.3. The van der Waals surface area contributed by atoms with Crippen molar-refractivity contribution in [3.05, 3.63) is 12.2 Å². The Bertz CT molecular complexity index is 239. The number of unbranched alkanes of at least 4 members (excludes halogenated alkanes) is 11. The SMILES string of the molecule is CCCCCCCC/C=C\CCCCCCCC(=O)O.[Mg+2]. The fourth-order valence-corrected chi connectivity index (χ4v) is 2.35. The summed E-state index contributed by atoms with van der Waals surface area (Å²) in [5.74, 6) is -0.664. The molecule has 0 saturated carbocycles. The van der Waals surface area contributed by atoms with Crippen molar-refractivity contribution < 1.29 is 9.90 Å². The second-order valence-electron chi connectivity index (χ2n) is 5.73. The molecule has 0 heterocycles. The maximum atomic E-state index is 10.3. The molecule has 118 valence electrons. The van der Waals surface area contributed by atoms with Gasteiger partial charge in [0.2, 0.25) is 0 Å². The minimum Gasteiger partial charge on any atom is -0.481 e. The molecule has 0 saturated heterocycles. The third kappa shape index (κ3) is 22.4. The van der Waals surface area contributed by atoms with Gasteiger partial charge in [-0.25, -0.2) is 0 Å². The van der Waals surface area contributed by atoms with E-state index in [9.17, 15) is 4.79 Å². The third-order valence-electron chi connectivity index (χ3n) is 3.65. The van der Waals surface area contributed by atoms with Crippen LogP contribution in [0.5, 0.6) is 0 Å². The minimum absolute atomic E-state index is 0. The van der Waals surface area contributed by atoms with Crippen LogP contribution in [-0.2, 0) is 4.79 Å². The molecule has 0 aliphatic carbocycles. The van der Waals surface area contributed by atoms with E-state index in [0.717, 1.165) is 12.8 Å². The van der Waals surface area contributed by atoms with Gasteiger partial charge in [0.25, 0.3) is 0 Å². The van der Waals surface area contributed by atoms with Crippen LogP contribution in [0.1, 0.15) is 96.8 Å². The zero-order valence-electron chi connectivity index (χ0n) is 14.1. The van der Waals surface area contributed by atoms with Gasteiger partial charge in [-0.3, -0.25) is 4.79 Å². The van der Waals surface area contributed by atoms with Crippen LogP contribution in [0.2, 0.25) is 0 Å². The fourth-order valence-electron chi connectivity index (χ4n) is 2.35. The smallest absolute Gasteiger partial charge is 0.481 e. The number of rotatable bonds is 15. The molecule has 0 aromatic heterocycles. The average Bonchev–Trinajstić information content (AvgIpc) is 2.43. The van der Waals surface area contributed by atoms with E-state index in [1.54, 1.807) is 0 Å². The Labute approximate surface area is 147 Å². The van der Waals surface area contributed by atoms with E-state index in [-0.39, 0.29) is 23.1 Å². The van der Waals surface area contributed by atoms with Gasteiger partial charge in [-0.2, -0.15) is 0 Å². The molecule has 3 heteroatoms. The molecule has 21 heavy (non-hydrogen) atoms. The number of hydrogen-bond donors (Lipinski definition) is 1. The summed E-state index contributed by atoms with van der Waals surface area (Å²) in [4.78, 5) is 10.3. The van der Waals surface area contributed by atoms with Crippen LogP contribution in [-0.4, -0.2) is 34.1 Å². The Morgan fingerprint density at radius 1 is 0.762 bits per heavy atom. The number of hydrogen-bond acceptors (Lipinski definition) is 1. The van der Waals surface area contributed by atoms with Crippen molar-refractivity contribution in [3.8, 4) is 0 Å². The summed E-state index contributed by atoms with van der Waals surface area (Å²) in [6.45, 7) is 2.26. The first-order chi connectivity index (χ1) is 9.77. The molecule has 1 N–H and O–H groups in total. The Balaban J connectivity index is 0. The fraction of sp³-hybridized carbons (Fsp3) is 0.833. The van der Waals surface area contributed by atoms with Gasteiger partial charge in [-0.1, -0.05) is 70.4 Å². The standard InChI is InChI=1S/C18H34O2.Mg/c1-2-3-4-5-6-7-8-9-10-11-12-13-14-15-16-17-18(19)20;/h9-10H,2-8,11-17H2,1H3,(H,19,20);/q;+2/b10-9-;. The molecule has 0 aromatic rings. The predicted octanol–water partition coefficient (Wildman–Crippen LogP) is 5.73. The van der Waals surface area contributed by atoms with Gasteiger partial charge in [0, 0.05) is 6.42 Å². The first-order valence-electron chi connectivity index (χ1n) is 8.64. The summed E-state index contributed by atoms with van der Waals surface area (Å²) in [6, 6.07) is 0. The zero-order valence-corrected chi connectivity index (χ0v) is 15.5. The molecular formula is C18H34MgO2+2. The first-order valence-corrected chi connectivity index (χ1v) is 8.64. The van der Waals surface area contributed by atoms with Crippen LogP contribution < -0.4 is 0 Å². The van der Waals surface area contributed by atoms with E-state index in [1.165, 1.54) is 70.6 Å². The van der Waals surface area contributed by atoms with Crippen LogP contribution in [0, 0.1) is 0 Å². The quantitative estimate of drug-likeness (QED) is 0.238. The number of allylic oxidation sites excluding steroid dienone is 2. The Hall–Kier alpha value is -0.0238. The largest absolute Gasteiger partial charge is 2.00 e. The molecule has 0 aromatic carbocycles. The van der Waals surface area contributed by atoms with Crippen molar-refractivity contribution >= 4 is 29.0 Å². The third-order valence-corrected chi connectivity index (χ3v) is 3.65. The first kappa shape index (κ1) is 23.2. The molecule has 0 rings (SSSR count). The molecule has 0 bridgehead atoms. The summed E-state index contributed by atoms with van der Waals surface area (Å²) in [5, 5.41) is 8.51. The molecule has 2 nitrogen and oxygen atoms in total. The normalized spacial score (nSPS) is 10.7. The zero-order chi connectivity index (χ0) is 14.9. The van der Waals surface area contributed by atoms with Gasteiger partial charge in [-0.15, -0.1) is 0 Å². The van der Waals surface area contributed by atoms with Gasteiger partial charge in [0.05, 0.1) is 0 Å². The van der Waals surface area contributed by atoms with Gasteiger partial charge >= 0.3 is 29.0 Å². The monoisotopic (exact) mass is 306 g/mol. The van der Waals surface area contributed by atoms with E-state index in [4.69, 9.17) is 5.11 Å². The van der Waals surface area contributed by atoms with Crippen LogP contribution in [0.25, 0.3) is 0 Å². The number of carboxylic acid groups (broad SMARTS) is 1. The molecule has 0 atom stereocenters. The van der Waals surface area contributed by atoms with Crippen molar-refractivity contribution in [1.82, 2.24) is 0 Å². The Morgan fingerprint density at radius 2 is 1.19 bits per heavy atom. The van der Waals surface area contributed by atoms with Crippen LogP contribution in [0.4, 0.5) is 0 Å². The number of aliphatic carboxylic acids is 1. The van der Waals surface area contributed by atoms with E-state index in [2.05, 4.69) is 19.1 Å². The van der Waals surface area contributed by atoms with Crippen molar-refractivity contribution in [2.45, 2.75) is 96.8 Å². The average molecular weight is 307 g/mol. The van der Waals surface area contributed by atoms with Gasteiger partial charge in [0.15, 0.2) is 0 Å². The van der Waals surface area contributed by atoms with Crippen LogP contribution in [0.3, 0.4) is 0 Å². The second kappa shape index (κ2) is 20.0. The molecule has 0 spiro atoms. The molecule has 0 aliphatic rings. The molecule has 0 amide bonds. The van der Waals surface area contributed by atoms with Crippen LogP contribution in [0.15, 0.2) is 12.2 Å². The number of carboxylic acids is 1. The summed E-state index contributed by atoms with van der Waals surface area (Å²) >= 11 is 0. The van der Waals surface area contributed by atoms with Crippen molar-refractivity contribution in [2.75, 3.05) is 0 Å². The molecule has 0 unspecified atom stereocenters. The summed E-state index contributed by atoms with van der Waals surface area (Å²) in [7, 11) is 0. The van der Waals surface area contributed by atoms with Gasteiger partial charge < -0.3 is 5.11 Å². The minimum atomic E-state index is -0.664. The van der Waals surface area contributed by atoms with Crippen molar-refractivity contribution in [1.29, 1.82) is 0 Å². The van der Waals surface area contributed by atoms with E-state index in [1.807, 2.05) is 0 Å². The molecule has 0 aliphatic heterocycles. The molecule has 0 radical (unpaired) electrons. The van der Waals surface area contributed by atoms with E-state index >= 15 is 0 Å². The predicted molar refractivity (Wildman–Crippen MR) is 92.8 cm³/mol. The summed E-state index contributed by atoms with van der Waals surface area (Å²) in [5.41, 5.74) is 0. The Kier molecular flexibility index (Phi) is 22.1. The van der Waals surface area contributed by atoms with Crippen LogP contribution >= 0.6 is 0 Å². The summed E-state index contributed by atoms with van der Waals surface area (Å²) < 4.78 is 0. The van der Waals surface area contributed by atoms with Crippen molar-refractivity contribution in [3.63, 3.8) is 0 Å². The molecule has 0 fully saturated rings. The maximum Gasteiger partial charge on any atom is 2.00 e. The molecular weight excluding hydrogens is 273 g/mol. The number of carbonyl (C=O) groups is 1. The second-order valence-corrected chi connectivity index (χ2v) is 5.73. The topological polar surface area (TPSA) is 37.3 Å². The van der Waals surface area contributed by atoms with Gasteiger partial charge in [0.1, 0.15) is 0 Å². The van der Waals surface area contributed by atoms with E-state index < -0.39 is 5.97 Å². The van der Waals surface area contributed by atoms with Crippen molar-refractivity contribution in [2.24, 2.45) is 0 Å². The summed E-state index contributed by atoms with van der Waals surface area (Å²) in [6.07, 6.45) is 21.2. The van der Waals surface area contributed by atoms with Gasteiger partial charge in [-0.05, 0) is 32.1 Å². The van der Waals surface area contributed by atoms with E-state index in [0.29, 0.717) is 6.42 Å². The Morgan fingerprint density at radius 3 is 1.67 bits per heavy atom.